The number of nitriles is 1. The van der Waals surface area contributed by atoms with E-state index in [1.807, 2.05) is 61.5 Å². The average Bonchev–Trinajstić information content (AvgIpc) is 2.96. The Bertz CT molecular complexity index is 1010. The summed E-state index contributed by atoms with van der Waals surface area (Å²) in [5, 5.41) is 20.5. The predicted molar refractivity (Wildman–Crippen MR) is 105 cm³/mol. The number of nitrogens with one attached hydrogen (secondary N) is 1. The SMILES string of the molecule is CC(Cc1ccccc1)N=C(N)/C(C#N)=C/c1[nH]c2ccccc2c1O. The highest BCUT2D eigenvalue weighted by Crippen LogP contribution is 2.30. The molecule has 1 unspecified atom stereocenters. The van der Waals surface area contributed by atoms with Crippen LogP contribution in [-0.4, -0.2) is 22.0 Å². The summed E-state index contributed by atoms with van der Waals surface area (Å²) in [7, 11) is 0. The number of para-hydroxylation sites is 1. The first-order valence-corrected chi connectivity index (χ1v) is 8.37. The Morgan fingerprint density at radius 3 is 2.62 bits per heavy atom. The molecular weight excluding hydrogens is 324 g/mol. The van der Waals surface area contributed by atoms with E-state index in [0.717, 1.165) is 17.5 Å². The predicted octanol–water partition coefficient (Wildman–Crippen LogP) is 3.77. The third kappa shape index (κ3) is 3.76. The number of amidine groups is 1. The summed E-state index contributed by atoms with van der Waals surface area (Å²) in [6.07, 6.45) is 2.27. The molecule has 5 nitrogen and oxygen atoms in total. The van der Waals surface area contributed by atoms with Gasteiger partial charge in [-0.1, -0.05) is 42.5 Å². The van der Waals surface area contributed by atoms with E-state index in [2.05, 4.69) is 16.0 Å². The van der Waals surface area contributed by atoms with E-state index in [4.69, 9.17) is 5.73 Å². The maximum Gasteiger partial charge on any atom is 0.148 e. The van der Waals surface area contributed by atoms with E-state index in [9.17, 15) is 10.4 Å². The Morgan fingerprint density at radius 1 is 1.23 bits per heavy atom. The van der Waals surface area contributed by atoms with Gasteiger partial charge in [0.2, 0.25) is 0 Å². The molecule has 0 saturated heterocycles. The van der Waals surface area contributed by atoms with Crippen LogP contribution in [0.1, 0.15) is 18.2 Å². The number of nitrogens with two attached hydrogens (primary N) is 1. The van der Waals surface area contributed by atoms with Gasteiger partial charge in [0.05, 0.1) is 17.3 Å². The van der Waals surface area contributed by atoms with E-state index in [-0.39, 0.29) is 23.2 Å². The molecule has 0 aliphatic heterocycles. The van der Waals surface area contributed by atoms with E-state index in [1.165, 1.54) is 6.08 Å². The summed E-state index contributed by atoms with van der Waals surface area (Å²) < 4.78 is 0. The third-order valence-corrected chi connectivity index (χ3v) is 4.13. The number of aliphatic imine (C=N–C) groups is 1. The highest BCUT2D eigenvalue weighted by atomic mass is 16.3. The van der Waals surface area contributed by atoms with E-state index in [1.54, 1.807) is 0 Å². The highest BCUT2D eigenvalue weighted by Gasteiger charge is 2.11. The van der Waals surface area contributed by atoms with Crippen LogP contribution in [-0.2, 0) is 6.42 Å². The molecule has 0 amide bonds. The van der Waals surface area contributed by atoms with Crippen molar-refractivity contribution in [2.24, 2.45) is 10.7 Å². The summed E-state index contributed by atoms with van der Waals surface area (Å²) >= 11 is 0. The molecule has 3 rings (SSSR count). The van der Waals surface area contributed by atoms with Gasteiger partial charge in [0.25, 0.3) is 0 Å². The Labute approximate surface area is 152 Å². The molecule has 0 aliphatic rings. The van der Waals surface area contributed by atoms with E-state index < -0.39 is 0 Å². The fourth-order valence-electron chi connectivity index (χ4n) is 2.87. The summed E-state index contributed by atoms with van der Waals surface area (Å²) in [6.45, 7) is 1.95. The van der Waals surface area contributed by atoms with Crippen molar-refractivity contribution >= 4 is 22.8 Å². The maximum absolute atomic E-state index is 10.3. The monoisotopic (exact) mass is 344 g/mol. The zero-order chi connectivity index (χ0) is 18.5. The molecule has 3 aromatic rings. The molecule has 2 aromatic carbocycles. The van der Waals surface area contributed by atoms with Crippen LogP contribution in [0.25, 0.3) is 17.0 Å². The minimum absolute atomic E-state index is 0.0644. The van der Waals surface area contributed by atoms with Gasteiger partial charge in [0.15, 0.2) is 0 Å². The summed E-state index contributed by atoms with van der Waals surface area (Å²) in [5.74, 6) is 0.257. The molecule has 0 radical (unpaired) electrons. The smallest absolute Gasteiger partial charge is 0.148 e. The van der Waals surface area contributed by atoms with Crippen LogP contribution in [0.2, 0.25) is 0 Å². The molecule has 26 heavy (non-hydrogen) atoms. The fourth-order valence-corrected chi connectivity index (χ4v) is 2.87. The van der Waals surface area contributed by atoms with Gasteiger partial charge < -0.3 is 15.8 Å². The van der Waals surface area contributed by atoms with Gasteiger partial charge in [0, 0.05) is 10.9 Å². The van der Waals surface area contributed by atoms with Gasteiger partial charge in [-0.2, -0.15) is 5.26 Å². The first-order valence-electron chi connectivity index (χ1n) is 8.37. The molecule has 1 aromatic heterocycles. The van der Waals surface area contributed by atoms with Gasteiger partial charge in [-0.15, -0.1) is 0 Å². The lowest BCUT2D eigenvalue weighted by Gasteiger charge is -2.08. The second-order valence-corrected chi connectivity index (χ2v) is 6.16. The van der Waals surface area contributed by atoms with Gasteiger partial charge in [0.1, 0.15) is 17.7 Å². The number of H-pyrrole nitrogens is 1. The van der Waals surface area contributed by atoms with Gasteiger partial charge in [-0.05, 0) is 37.1 Å². The van der Waals surface area contributed by atoms with Crippen LogP contribution in [0.5, 0.6) is 5.75 Å². The quantitative estimate of drug-likeness (QED) is 0.373. The number of benzene rings is 2. The molecule has 1 atom stereocenters. The molecule has 0 saturated carbocycles. The number of fused-ring (bicyclic) bond motifs is 1. The maximum atomic E-state index is 10.3. The molecule has 0 bridgehead atoms. The van der Waals surface area contributed by atoms with Crippen molar-refractivity contribution in [1.82, 2.24) is 4.98 Å². The van der Waals surface area contributed by atoms with Crippen LogP contribution in [0.4, 0.5) is 0 Å². The number of rotatable bonds is 5. The molecule has 1 heterocycles. The van der Waals surface area contributed by atoms with Gasteiger partial charge >= 0.3 is 0 Å². The number of aromatic hydroxyl groups is 1. The van der Waals surface area contributed by atoms with Crippen LogP contribution in [0, 0.1) is 11.3 Å². The first kappa shape index (κ1) is 17.3. The van der Waals surface area contributed by atoms with Crippen molar-refractivity contribution < 1.29 is 5.11 Å². The molecule has 0 aliphatic carbocycles. The molecular formula is C21H20N4O. The van der Waals surface area contributed by atoms with Crippen molar-refractivity contribution in [3.05, 3.63) is 71.4 Å². The van der Waals surface area contributed by atoms with Crippen molar-refractivity contribution in [3.63, 3.8) is 0 Å². The number of hydrogen-bond donors (Lipinski definition) is 3. The Hall–Kier alpha value is -3.52. The second kappa shape index (κ2) is 7.58. The van der Waals surface area contributed by atoms with Crippen molar-refractivity contribution in [3.8, 4) is 11.8 Å². The number of aromatic nitrogens is 1. The Morgan fingerprint density at radius 2 is 1.92 bits per heavy atom. The van der Waals surface area contributed by atoms with Crippen molar-refractivity contribution in [1.29, 1.82) is 5.26 Å². The lowest BCUT2D eigenvalue weighted by atomic mass is 10.1. The Kier molecular flexibility index (Phi) is 5.04. The zero-order valence-corrected chi connectivity index (χ0v) is 14.5. The summed E-state index contributed by atoms with van der Waals surface area (Å²) in [5.41, 5.74) is 8.65. The van der Waals surface area contributed by atoms with E-state index >= 15 is 0 Å². The zero-order valence-electron chi connectivity index (χ0n) is 14.5. The molecule has 0 fully saturated rings. The van der Waals surface area contributed by atoms with Crippen molar-refractivity contribution in [2.75, 3.05) is 0 Å². The number of hydrogen-bond acceptors (Lipinski definition) is 3. The largest absolute Gasteiger partial charge is 0.505 e. The lowest BCUT2D eigenvalue weighted by Crippen LogP contribution is -2.18. The third-order valence-electron chi connectivity index (χ3n) is 4.13. The van der Waals surface area contributed by atoms with Crippen LogP contribution in [0.3, 0.4) is 0 Å². The Balaban J connectivity index is 1.85. The summed E-state index contributed by atoms with van der Waals surface area (Å²) in [6, 6.07) is 19.4. The molecule has 4 N–H and O–H groups in total. The number of nitrogens with zero attached hydrogens (tertiary/aromatic N) is 2. The number of aromatic amines is 1. The topological polar surface area (TPSA) is 98.2 Å². The molecule has 0 spiro atoms. The molecule has 5 heteroatoms. The van der Waals surface area contributed by atoms with Crippen LogP contribution in [0.15, 0.2) is 65.2 Å². The first-order chi connectivity index (χ1) is 12.6. The second-order valence-electron chi connectivity index (χ2n) is 6.16. The average molecular weight is 344 g/mol. The van der Waals surface area contributed by atoms with Gasteiger partial charge in [-0.3, -0.25) is 4.99 Å². The molecule has 130 valence electrons. The lowest BCUT2D eigenvalue weighted by molar-refractivity contribution is 0.480. The highest BCUT2D eigenvalue weighted by molar-refractivity contribution is 6.05. The van der Waals surface area contributed by atoms with Crippen LogP contribution >= 0.6 is 0 Å². The standard InChI is InChI=1S/C21H20N4O/c1-14(11-15-7-3-2-4-8-15)24-21(23)16(13-22)12-19-20(26)17-9-5-6-10-18(17)25-19/h2-10,12,14,25-26H,11H2,1H3,(H2,23,24)/b16-12+. The van der Waals surface area contributed by atoms with E-state index in [0.29, 0.717) is 11.1 Å². The summed E-state index contributed by atoms with van der Waals surface area (Å²) in [4.78, 5) is 7.52. The van der Waals surface area contributed by atoms with Crippen LogP contribution < -0.4 is 5.73 Å². The minimum Gasteiger partial charge on any atom is -0.505 e. The van der Waals surface area contributed by atoms with Crippen molar-refractivity contribution in [2.45, 2.75) is 19.4 Å². The fraction of sp³-hybridized carbons (Fsp3) is 0.143. The normalized spacial score (nSPS) is 13.5. The minimum atomic E-state index is -0.0644. The van der Waals surface area contributed by atoms with Gasteiger partial charge in [-0.25, -0.2) is 0 Å².